The molecule has 0 fully saturated rings. The summed E-state index contributed by atoms with van der Waals surface area (Å²) in [5.74, 6) is -0.544. The van der Waals surface area contributed by atoms with Crippen molar-refractivity contribution in [3.05, 3.63) is 29.6 Å². The fourth-order valence-electron chi connectivity index (χ4n) is 1.44. The van der Waals surface area contributed by atoms with Crippen LogP contribution in [-0.4, -0.2) is 12.6 Å². The molecule has 1 aromatic rings. The Kier molecular flexibility index (Phi) is 5.35. The van der Waals surface area contributed by atoms with E-state index in [9.17, 15) is 22.4 Å². The van der Waals surface area contributed by atoms with E-state index in [1.807, 2.05) is 13.8 Å². The lowest BCUT2D eigenvalue weighted by Gasteiger charge is -2.12. The number of hydrogen-bond donors (Lipinski definition) is 2. The minimum absolute atomic E-state index is 0.365. The number of hydrogen-bond acceptors (Lipinski definition) is 1. The third-order valence-electron chi connectivity index (χ3n) is 2.55. The van der Waals surface area contributed by atoms with E-state index in [1.165, 1.54) is 0 Å². The molecule has 0 saturated carbocycles. The van der Waals surface area contributed by atoms with E-state index < -0.39 is 29.3 Å². The Morgan fingerprint density at radius 1 is 1.30 bits per heavy atom. The first-order valence-electron chi connectivity index (χ1n) is 6.11. The highest BCUT2D eigenvalue weighted by molar-refractivity contribution is 5.89. The number of anilines is 1. The average molecular weight is 292 g/mol. The van der Waals surface area contributed by atoms with Gasteiger partial charge in [-0.1, -0.05) is 13.8 Å². The molecule has 0 aliphatic rings. The SMILES string of the molecule is CC(C)CCNC(=O)Nc1cc(C(F)(F)F)ccc1F. The minimum Gasteiger partial charge on any atom is -0.338 e. The van der Waals surface area contributed by atoms with Crippen LogP contribution in [0.3, 0.4) is 0 Å². The normalized spacial score (nSPS) is 11.6. The second kappa shape index (κ2) is 6.58. The highest BCUT2D eigenvalue weighted by Gasteiger charge is 2.31. The van der Waals surface area contributed by atoms with Crippen LogP contribution in [0.1, 0.15) is 25.8 Å². The predicted molar refractivity (Wildman–Crippen MR) is 67.9 cm³/mol. The van der Waals surface area contributed by atoms with E-state index in [0.29, 0.717) is 30.7 Å². The van der Waals surface area contributed by atoms with Gasteiger partial charge >= 0.3 is 12.2 Å². The number of halogens is 4. The first kappa shape index (κ1) is 16.3. The zero-order valence-corrected chi connectivity index (χ0v) is 11.1. The van der Waals surface area contributed by atoms with Crippen LogP contribution in [0.2, 0.25) is 0 Å². The Balaban J connectivity index is 2.69. The molecule has 1 aromatic carbocycles. The number of rotatable bonds is 4. The second-order valence-corrected chi connectivity index (χ2v) is 4.76. The molecule has 0 aromatic heterocycles. The fourth-order valence-corrected chi connectivity index (χ4v) is 1.44. The summed E-state index contributed by atoms with van der Waals surface area (Å²) < 4.78 is 50.8. The fraction of sp³-hybridized carbons (Fsp3) is 0.462. The maximum Gasteiger partial charge on any atom is 0.416 e. The number of alkyl halides is 3. The van der Waals surface area contributed by atoms with Crippen molar-refractivity contribution >= 4 is 11.7 Å². The van der Waals surface area contributed by atoms with Crippen molar-refractivity contribution in [2.24, 2.45) is 5.92 Å². The van der Waals surface area contributed by atoms with Gasteiger partial charge in [-0.2, -0.15) is 13.2 Å². The number of nitrogens with one attached hydrogen (secondary N) is 2. The van der Waals surface area contributed by atoms with Crippen molar-refractivity contribution in [2.75, 3.05) is 11.9 Å². The first-order chi connectivity index (χ1) is 9.20. The average Bonchev–Trinajstić information content (AvgIpc) is 2.30. The van der Waals surface area contributed by atoms with Crippen LogP contribution in [0.15, 0.2) is 18.2 Å². The molecule has 3 nitrogen and oxygen atoms in total. The predicted octanol–water partition coefficient (Wildman–Crippen LogP) is 4.01. The van der Waals surface area contributed by atoms with Gasteiger partial charge in [0.1, 0.15) is 5.82 Å². The highest BCUT2D eigenvalue weighted by Crippen LogP contribution is 2.31. The molecule has 0 aliphatic carbocycles. The van der Waals surface area contributed by atoms with Gasteiger partial charge in [0.2, 0.25) is 0 Å². The smallest absolute Gasteiger partial charge is 0.338 e. The first-order valence-corrected chi connectivity index (χ1v) is 6.11. The van der Waals surface area contributed by atoms with E-state index in [0.717, 1.165) is 6.42 Å². The van der Waals surface area contributed by atoms with Crippen LogP contribution < -0.4 is 10.6 Å². The summed E-state index contributed by atoms with van der Waals surface area (Å²) in [6, 6.07) is 1.13. The molecule has 112 valence electrons. The maximum atomic E-state index is 13.4. The van der Waals surface area contributed by atoms with E-state index >= 15 is 0 Å². The molecule has 0 unspecified atom stereocenters. The Bertz CT molecular complexity index is 472. The minimum atomic E-state index is -4.59. The van der Waals surface area contributed by atoms with Crippen molar-refractivity contribution in [3.8, 4) is 0 Å². The van der Waals surface area contributed by atoms with Gasteiger partial charge in [0.15, 0.2) is 0 Å². The molecule has 0 aliphatic heterocycles. The second-order valence-electron chi connectivity index (χ2n) is 4.76. The van der Waals surface area contributed by atoms with Gasteiger partial charge in [-0.25, -0.2) is 9.18 Å². The molecule has 7 heteroatoms. The molecule has 0 radical (unpaired) electrons. The van der Waals surface area contributed by atoms with Crippen LogP contribution in [0.4, 0.5) is 28.0 Å². The molecular weight excluding hydrogens is 276 g/mol. The van der Waals surface area contributed by atoms with E-state index in [1.54, 1.807) is 0 Å². The molecule has 0 spiro atoms. The lowest BCUT2D eigenvalue weighted by Crippen LogP contribution is -2.30. The van der Waals surface area contributed by atoms with E-state index in [-0.39, 0.29) is 0 Å². The van der Waals surface area contributed by atoms with Gasteiger partial charge in [0, 0.05) is 6.54 Å². The van der Waals surface area contributed by atoms with E-state index in [4.69, 9.17) is 0 Å². The Morgan fingerprint density at radius 2 is 1.95 bits per heavy atom. The third-order valence-corrected chi connectivity index (χ3v) is 2.55. The van der Waals surface area contributed by atoms with Crippen molar-refractivity contribution in [1.82, 2.24) is 5.32 Å². The number of carbonyl (C=O) groups excluding carboxylic acids is 1. The number of urea groups is 1. The van der Waals surface area contributed by atoms with Crippen LogP contribution in [0, 0.1) is 11.7 Å². The van der Waals surface area contributed by atoms with Crippen LogP contribution in [0.5, 0.6) is 0 Å². The quantitative estimate of drug-likeness (QED) is 0.809. The molecule has 0 heterocycles. The summed E-state index contributed by atoms with van der Waals surface area (Å²) in [6.45, 7) is 4.29. The van der Waals surface area contributed by atoms with Crippen LogP contribution in [-0.2, 0) is 6.18 Å². The lowest BCUT2D eigenvalue weighted by atomic mass is 10.1. The highest BCUT2D eigenvalue weighted by atomic mass is 19.4. The van der Waals surface area contributed by atoms with Crippen LogP contribution in [0.25, 0.3) is 0 Å². The van der Waals surface area contributed by atoms with Crippen molar-refractivity contribution < 1.29 is 22.4 Å². The molecule has 2 amide bonds. The summed E-state index contributed by atoms with van der Waals surface area (Å²) in [6.07, 6.45) is -3.86. The molecular formula is C13H16F4N2O. The van der Waals surface area contributed by atoms with Crippen molar-refractivity contribution in [2.45, 2.75) is 26.4 Å². The number of benzene rings is 1. The Labute approximate surface area is 114 Å². The molecule has 20 heavy (non-hydrogen) atoms. The lowest BCUT2D eigenvalue weighted by molar-refractivity contribution is -0.137. The summed E-state index contributed by atoms with van der Waals surface area (Å²) in [4.78, 5) is 11.4. The van der Waals surface area contributed by atoms with Crippen LogP contribution >= 0.6 is 0 Å². The Morgan fingerprint density at radius 3 is 2.50 bits per heavy atom. The van der Waals surface area contributed by atoms with Gasteiger partial charge in [-0.05, 0) is 30.5 Å². The largest absolute Gasteiger partial charge is 0.416 e. The zero-order valence-electron chi connectivity index (χ0n) is 11.1. The topological polar surface area (TPSA) is 41.1 Å². The summed E-state index contributed by atoms with van der Waals surface area (Å²) in [5, 5.41) is 4.52. The number of carbonyl (C=O) groups is 1. The van der Waals surface area contributed by atoms with Crippen molar-refractivity contribution in [3.63, 3.8) is 0 Å². The van der Waals surface area contributed by atoms with Gasteiger partial charge in [0.05, 0.1) is 11.3 Å². The van der Waals surface area contributed by atoms with Gasteiger partial charge in [-0.3, -0.25) is 0 Å². The standard InChI is InChI=1S/C13H16F4N2O/c1-8(2)5-6-18-12(20)19-11-7-9(13(15,16)17)3-4-10(11)14/h3-4,7-8H,5-6H2,1-2H3,(H2,18,19,20). The summed E-state index contributed by atoms with van der Waals surface area (Å²) in [5.41, 5.74) is -1.52. The molecule has 2 N–H and O–H groups in total. The molecule has 0 bridgehead atoms. The van der Waals surface area contributed by atoms with E-state index in [2.05, 4.69) is 10.6 Å². The number of amides is 2. The third kappa shape index (κ3) is 5.07. The van der Waals surface area contributed by atoms with Gasteiger partial charge in [0.25, 0.3) is 0 Å². The van der Waals surface area contributed by atoms with Gasteiger partial charge in [-0.15, -0.1) is 0 Å². The monoisotopic (exact) mass is 292 g/mol. The summed E-state index contributed by atoms with van der Waals surface area (Å²) >= 11 is 0. The van der Waals surface area contributed by atoms with Gasteiger partial charge < -0.3 is 10.6 Å². The molecule has 0 atom stereocenters. The summed E-state index contributed by atoms with van der Waals surface area (Å²) in [7, 11) is 0. The maximum absolute atomic E-state index is 13.4. The molecule has 1 rings (SSSR count). The molecule has 0 saturated heterocycles. The zero-order chi connectivity index (χ0) is 15.3. The van der Waals surface area contributed by atoms with Crippen molar-refractivity contribution in [1.29, 1.82) is 0 Å². The Hall–Kier alpha value is -1.79.